The van der Waals surface area contributed by atoms with Crippen LogP contribution >= 0.6 is 15.9 Å². The molecule has 1 saturated carbocycles. The third-order valence-electron chi connectivity index (χ3n) is 3.62. The van der Waals surface area contributed by atoms with Crippen molar-refractivity contribution in [2.45, 2.75) is 44.2 Å². The highest BCUT2D eigenvalue weighted by molar-refractivity contribution is 9.10. The van der Waals surface area contributed by atoms with E-state index in [-0.39, 0.29) is 0 Å². The number of benzene rings is 1. The van der Waals surface area contributed by atoms with Crippen LogP contribution in [0.4, 0.5) is 0 Å². The summed E-state index contributed by atoms with van der Waals surface area (Å²) in [5.41, 5.74) is 0.837. The fourth-order valence-electron chi connectivity index (χ4n) is 2.30. The number of halogens is 1. The summed E-state index contributed by atoms with van der Waals surface area (Å²) < 4.78 is 1.11. The van der Waals surface area contributed by atoms with E-state index in [9.17, 15) is 5.11 Å². The van der Waals surface area contributed by atoms with E-state index in [0.29, 0.717) is 12.6 Å². The van der Waals surface area contributed by atoms with E-state index in [1.54, 1.807) is 0 Å². The molecule has 1 atom stereocenters. The molecule has 0 heterocycles. The molecule has 2 rings (SSSR count). The average molecular weight is 298 g/mol. The van der Waals surface area contributed by atoms with Gasteiger partial charge in [0.05, 0.1) is 5.60 Å². The van der Waals surface area contributed by atoms with Gasteiger partial charge in [0.25, 0.3) is 0 Å². The molecule has 3 heteroatoms. The second-order valence-corrected chi connectivity index (χ2v) is 5.89. The summed E-state index contributed by atoms with van der Waals surface area (Å²) >= 11 is 3.50. The van der Waals surface area contributed by atoms with Gasteiger partial charge in [-0.05, 0) is 43.4 Å². The van der Waals surface area contributed by atoms with E-state index in [0.717, 1.165) is 30.2 Å². The van der Waals surface area contributed by atoms with Crippen molar-refractivity contribution in [3.63, 3.8) is 0 Å². The zero-order valence-electron chi connectivity index (χ0n) is 10.2. The van der Waals surface area contributed by atoms with Crippen molar-refractivity contribution in [3.8, 4) is 0 Å². The van der Waals surface area contributed by atoms with Crippen LogP contribution in [0.5, 0.6) is 0 Å². The smallest absolute Gasteiger partial charge is 0.0771 e. The summed E-state index contributed by atoms with van der Waals surface area (Å²) in [6.45, 7) is 2.88. The Bertz CT molecular complexity index is 376. The molecule has 0 bridgehead atoms. The van der Waals surface area contributed by atoms with Gasteiger partial charge < -0.3 is 10.4 Å². The molecule has 0 radical (unpaired) electrons. The Morgan fingerprint density at radius 1 is 1.47 bits per heavy atom. The van der Waals surface area contributed by atoms with E-state index in [1.807, 2.05) is 6.07 Å². The molecule has 2 N–H and O–H groups in total. The first-order valence-corrected chi connectivity index (χ1v) is 7.13. The van der Waals surface area contributed by atoms with Gasteiger partial charge in [-0.1, -0.05) is 35.0 Å². The van der Waals surface area contributed by atoms with Crippen molar-refractivity contribution in [2.75, 3.05) is 6.54 Å². The first-order valence-electron chi connectivity index (χ1n) is 6.34. The lowest BCUT2D eigenvalue weighted by molar-refractivity contribution is -0.0333. The molecular formula is C14H20BrNO. The molecule has 0 spiro atoms. The van der Waals surface area contributed by atoms with Gasteiger partial charge in [-0.3, -0.25) is 0 Å². The fraction of sp³-hybridized carbons (Fsp3) is 0.571. The maximum absolute atomic E-state index is 10.1. The van der Waals surface area contributed by atoms with Crippen LogP contribution in [0.1, 0.15) is 44.2 Å². The molecule has 0 saturated heterocycles. The van der Waals surface area contributed by atoms with Crippen molar-refractivity contribution in [2.24, 2.45) is 0 Å². The summed E-state index contributed by atoms with van der Waals surface area (Å²) in [6.07, 6.45) is 4.07. The van der Waals surface area contributed by atoms with Gasteiger partial charge in [-0.2, -0.15) is 0 Å². The van der Waals surface area contributed by atoms with Gasteiger partial charge in [0.15, 0.2) is 0 Å². The Labute approximate surface area is 112 Å². The van der Waals surface area contributed by atoms with Crippen LogP contribution in [0.25, 0.3) is 0 Å². The Balaban J connectivity index is 1.96. The quantitative estimate of drug-likeness (QED) is 0.873. The molecule has 0 aliphatic heterocycles. The third kappa shape index (κ3) is 3.30. The van der Waals surface area contributed by atoms with Crippen molar-refractivity contribution in [1.29, 1.82) is 0 Å². The normalized spacial score (nSPS) is 19.7. The standard InChI is InChI=1S/C14H20BrNO/c1-2-13(11-5-3-6-12(15)9-11)16-10-14(17)7-4-8-14/h3,5-6,9,13,16-17H,2,4,7-8,10H2,1H3. The second-order valence-electron chi connectivity index (χ2n) is 4.97. The van der Waals surface area contributed by atoms with E-state index in [4.69, 9.17) is 0 Å². The number of hydrogen-bond acceptors (Lipinski definition) is 2. The van der Waals surface area contributed by atoms with Gasteiger partial charge in [-0.15, -0.1) is 0 Å². The van der Waals surface area contributed by atoms with Crippen molar-refractivity contribution >= 4 is 15.9 Å². The fourth-order valence-corrected chi connectivity index (χ4v) is 2.71. The molecule has 0 aromatic heterocycles. The Morgan fingerprint density at radius 2 is 2.24 bits per heavy atom. The van der Waals surface area contributed by atoms with E-state index in [2.05, 4.69) is 46.4 Å². The van der Waals surface area contributed by atoms with Crippen LogP contribution in [0.2, 0.25) is 0 Å². The highest BCUT2D eigenvalue weighted by atomic mass is 79.9. The lowest BCUT2D eigenvalue weighted by Gasteiger charge is -2.38. The minimum atomic E-state index is -0.445. The summed E-state index contributed by atoms with van der Waals surface area (Å²) in [5, 5.41) is 13.6. The van der Waals surface area contributed by atoms with Gasteiger partial charge in [0.2, 0.25) is 0 Å². The third-order valence-corrected chi connectivity index (χ3v) is 4.11. The van der Waals surface area contributed by atoms with Gasteiger partial charge >= 0.3 is 0 Å². The Morgan fingerprint density at radius 3 is 2.76 bits per heavy atom. The Kier molecular flexibility index (Phi) is 4.23. The summed E-state index contributed by atoms with van der Waals surface area (Å²) in [4.78, 5) is 0. The largest absolute Gasteiger partial charge is 0.389 e. The predicted octanol–water partition coefficient (Wildman–Crippen LogP) is 3.40. The molecule has 0 amide bonds. The van der Waals surface area contributed by atoms with Crippen LogP contribution in [0.15, 0.2) is 28.7 Å². The molecule has 1 aliphatic rings. The van der Waals surface area contributed by atoms with Gasteiger partial charge in [0, 0.05) is 17.1 Å². The summed E-state index contributed by atoms with van der Waals surface area (Å²) in [5.74, 6) is 0. The number of hydrogen-bond donors (Lipinski definition) is 2. The SMILES string of the molecule is CCC(NCC1(O)CCC1)c1cccc(Br)c1. The molecule has 1 unspecified atom stereocenters. The molecule has 1 aromatic carbocycles. The summed E-state index contributed by atoms with van der Waals surface area (Å²) in [6, 6.07) is 8.71. The monoisotopic (exact) mass is 297 g/mol. The maximum atomic E-state index is 10.1. The zero-order valence-corrected chi connectivity index (χ0v) is 11.8. The predicted molar refractivity (Wildman–Crippen MR) is 74.0 cm³/mol. The summed E-state index contributed by atoms with van der Waals surface area (Å²) in [7, 11) is 0. The molecule has 1 aliphatic carbocycles. The van der Waals surface area contributed by atoms with Gasteiger partial charge in [-0.25, -0.2) is 0 Å². The molecule has 94 valence electrons. The second kappa shape index (κ2) is 5.51. The lowest BCUT2D eigenvalue weighted by atomic mass is 9.80. The topological polar surface area (TPSA) is 32.3 Å². The van der Waals surface area contributed by atoms with Crippen molar-refractivity contribution in [1.82, 2.24) is 5.32 Å². The Hall–Kier alpha value is -0.380. The van der Waals surface area contributed by atoms with Crippen LogP contribution < -0.4 is 5.32 Å². The molecule has 1 aromatic rings. The van der Waals surface area contributed by atoms with E-state index >= 15 is 0 Å². The molecule has 1 fully saturated rings. The highest BCUT2D eigenvalue weighted by Gasteiger charge is 2.34. The molecule has 17 heavy (non-hydrogen) atoms. The van der Waals surface area contributed by atoms with Crippen LogP contribution in [0.3, 0.4) is 0 Å². The van der Waals surface area contributed by atoms with Crippen LogP contribution in [-0.2, 0) is 0 Å². The number of aliphatic hydroxyl groups is 1. The first kappa shape index (κ1) is 13.1. The molecule has 2 nitrogen and oxygen atoms in total. The minimum absolute atomic E-state index is 0.331. The zero-order chi connectivity index (χ0) is 12.3. The van der Waals surface area contributed by atoms with E-state index < -0.39 is 5.60 Å². The number of nitrogens with one attached hydrogen (secondary N) is 1. The van der Waals surface area contributed by atoms with Gasteiger partial charge in [0.1, 0.15) is 0 Å². The minimum Gasteiger partial charge on any atom is -0.389 e. The number of rotatable bonds is 5. The first-order chi connectivity index (χ1) is 8.13. The van der Waals surface area contributed by atoms with E-state index in [1.165, 1.54) is 5.56 Å². The maximum Gasteiger partial charge on any atom is 0.0771 e. The highest BCUT2D eigenvalue weighted by Crippen LogP contribution is 2.31. The van der Waals surface area contributed by atoms with Crippen LogP contribution in [0, 0.1) is 0 Å². The van der Waals surface area contributed by atoms with Crippen molar-refractivity contribution in [3.05, 3.63) is 34.3 Å². The molecular weight excluding hydrogens is 278 g/mol. The van der Waals surface area contributed by atoms with Crippen molar-refractivity contribution < 1.29 is 5.11 Å². The van der Waals surface area contributed by atoms with Crippen LogP contribution in [-0.4, -0.2) is 17.3 Å². The average Bonchev–Trinajstić information content (AvgIpc) is 2.28. The lowest BCUT2D eigenvalue weighted by Crippen LogP contribution is -2.47.